The molecule has 0 fully saturated rings. The second-order valence-corrected chi connectivity index (χ2v) is 4.48. The standard InChI is InChI=1S/C15H15NO5/c17-13(12-7-4-8-21-12)11(15(19)20)9-16-14(18)10-5-2-1-3-6-10/h1-8,11,13,17H,9H2,(H,16,18)(H,19,20). The third-order valence-electron chi connectivity index (χ3n) is 3.05. The number of aliphatic carboxylic acids is 1. The molecule has 2 atom stereocenters. The minimum Gasteiger partial charge on any atom is -0.481 e. The predicted molar refractivity (Wildman–Crippen MR) is 73.6 cm³/mol. The van der Waals surface area contributed by atoms with Crippen molar-refractivity contribution in [2.24, 2.45) is 5.92 Å². The lowest BCUT2D eigenvalue weighted by Gasteiger charge is -2.17. The molecule has 0 bridgehead atoms. The minimum absolute atomic E-state index is 0.149. The number of benzene rings is 1. The number of carbonyl (C=O) groups is 2. The van der Waals surface area contributed by atoms with E-state index in [2.05, 4.69) is 5.32 Å². The summed E-state index contributed by atoms with van der Waals surface area (Å²) < 4.78 is 4.99. The van der Waals surface area contributed by atoms with Gasteiger partial charge in [0.1, 0.15) is 17.8 Å². The van der Waals surface area contributed by atoms with Crippen molar-refractivity contribution in [3.05, 3.63) is 60.1 Å². The third kappa shape index (κ3) is 3.70. The molecule has 1 aromatic carbocycles. The van der Waals surface area contributed by atoms with Gasteiger partial charge in [0.2, 0.25) is 0 Å². The molecule has 2 aromatic rings. The Hall–Kier alpha value is -2.60. The smallest absolute Gasteiger partial charge is 0.311 e. The minimum atomic E-state index is -1.33. The summed E-state index contributed by atoms with van der Waals surface area (Å²) in [6, 6.07) is 11.5. The van der Waals surface area contributed by atoms with Crippen LogP contribution in [-0.4, -0.2) is 28.6 Å². The van der Waals surface area contributed by atoms with Crippen molar-refractivity contribution >= 4 is 11.9 Å². The van der Waals surface area contributed by atoms with Gasteiger partial charge in [-0.15, -0.1) is 0 Å². The van der Waals surface area contributed by atoms with Crippen LogP contribution in [0.15, 0.2) is 53.1 Å². The van der Waals surface area contributed by atoms with Gasteiger partial charge in [0.25, 0.3) is 5.91 Å². The summed E-state index contributed by atoms with van der Waals surface area (Å²) in [7, 11) is 0. The van der Waals surface area contributed by atoms with Gasteiger partial charge in [-0.25, -0.2) is 0 Å². The molecule has 1 heterocycles. The van der Waals surface area contributed by atoms with Crippen LogP contribution in [0.3, 0.4) is 0 Å². The average Bonchev–Trinajstić information content (AvgIpc) is 3.02. The number of hydrogen-bond acceptors (Lipinski definition) is 4. The van der Waals surface area contributed by atoms with Gasteiger partial charge in [0.15, 0.2) is 0 Å². The molecule has 0 aliphatic heterocycles. The first kappa shape index (κ1) is 14.8. The normalized spacial score (nSPS) is 13.4. The van der Waals surface area contributed by atoms with E-state index in [4.69, 9.17) is 4.42 Å². The van der Waals surface area contributed by atoms with Gasteiger partial charge in [-0.1, -0.05) is 18.2 Å². The van der Waals surface area contributed by atoms with Crippen molar-refractivity contribution in [3.63, 3.8) is 0 Å². The van der Waals surface area contributed by atoms with Crippen LogP contribution in [0.4, 0.5) is 0 Å². The Kier molecular flexibility index (Phi) is 4.73. The van der Waals surface area contributed by atoms with Gasteiger partial charge in [-0.3, -0.25) is 9.59 Å². The van der Waals surface area contributed by atoms with Gasteiger partial charge < -0.3 is 19.9 Å². The molecule has 0 aliphatic carbocycles. The van der Waals surface area contributed by atoms with Crippen LogP contribution in [0.1, 0.15) is 22.2 Å². The summed E-state index contributed by atoms with van der Waals surface area (Å²) in [5, 5.41) is 21.7. The topological polar surface area (TPSA) is 99.8 Å². The van der Waals surface area contributed by atoms with E-state index in [1.54, 1.807) is 36.4 Å². The maximum atomic E-state index is 11.9. The summed E-state index contributed by atoms with van der Waals surface area (Å²) in [6.45, 7) is -0.203. The monoisotopic (exact) mass is 289 g/mol. The molecule has 0 radical (unpaired) electrons. The Morgan fingerprint density at radius 2 is 1.86 bits per heavy atom. The molecule has 110 valence electrons. The Balaban J connectivity index is 2.01. The zero-order chi connectivity index (χ0) is 15.2. The Morgan fingerprint density at radius 3 is 2.43 bits per heavy atom. The van der Waals surface area contributed by atoms with Crippen LogP contribution < -0.4 is 5.32 Å². The van der Waals surface area contributed by atoms with Crippen LogP contribution in [-0.2, 0) is 4.79 Å². The van der Waals surface area contributed by atoms with Crippen molar-refractivity contribution in [1.29, 1.82) is 0 Å². The number of aliphatic hydroxyl groups is 1. The van der Waals surface area contributed by atoms with Crippen LogP contribution in [0.2, 0.25) is 0 Å². The SMILES string of the molecule is O=C(NCC(C(=O)O)C(O)c1ccco1)c1ccccc1. The highest BCUT2D eigenvalue weighted by atomic mass is 16.4. The van der Waals surface area contributed by atoms with E-state index >= 15 is 0 Å². The first-order valence-electron chi connectivity index (χ1n) is 6.37. The van der Waals surface area contributed by atoms with E-state index in [9.17, 15) is 19.8 Å². The largest absolute Gasteiger partial charge is 0.481 e. The lowest BCUT2D eigenvalue weighted by atomic mass is 10.0. The van der Waals surface area contributed by atoms with E-state index < -0.39 is 23.9 Å². The summed E-state index contributed by atoms with van der Waals surface area (Å²) in [5.74, 6) is -2.65. The van der Waals surface area contributed by atoms with Crippen LogP contribution >= 0.6 is 0 Å². The number of aliphatic hydroxyl groups excluding tert-OH is 1. The summed E-state index contributed by atoms with van der Waals surface area (Å²) in [5.41, 5.74) is 0.425. The number of hydrogen-bond donors (Lipinski definition) is 3. The molecule has 0 saturated carbocycles. The quantitative estimate of drug-likeness (QED) is 0.747. The van der Waals surface area contributed by atoms with E-state index in [1.165, 1.54) is 12.3 Å². The zero-order valence-corrected chi connectivity index (χ0v) is 11.1. The molecule has 0 aliphatic rings. The van der Waals surface area contributed by atoms with Gasteiger partial charge in [-0.05, 0) is 24.3 Å². The molecule has 0 saturated heterocycles. The number of amides is 1. The van der Waals surface area contributed by atoms with E-state index in [0.717, 1.165) is 0 Å². The van der Waals surface area contributed by atoms with Crippen molar-refractivity contribution in [3.8, 4) is 0 Å². The molecule has 6 nitrogen and oxygen atoms in total. The lowest BCUT2D eigenvalue weighted by Crippen LogP contribution is -2.36. The maximum absolute atomic E-state index is 11.9. The number of carboxylic acid groups (broad SMARTS) is 1. The van der Waals surface area contributed by atoms with Crippen molar-refractivity contribution in [1.82, 2.24) is 5.32 Å². The van der Waals surface area contributed by atoms with E-state index in [-0.39, 0.29) is 12.3 Å². The van der Waals surface area contributed by atoms with Gasteiger partial charge in [-0.2, -0.15) is 0 Å². The molecule has 2 rings (SSSR count). The van der Waals surface area contributed by atoms with Crippen LogP contribution in [0, 0.1) is 5.92 Å². The average molecular weight is 289 g/mol. The molecule has 1 aromatic heterocycles. The highest BCUT2D eigenvalue weighted by molar-refractivity contribution is 5.94. The highest BCUT2D eigenvalue weighted by Gasteiger charge is 2.30. The first-order valence-corrected chi connectivity index (χ1v) is 6.37. The molecule has 2 unspecified atom stereocenters. The first-order chi connectivity index (χ1) is 10.1. The second kappa shape index (κ2) is 6.71. The van der Waals surface area contributed by atoms with Crippen molar-refractivity contribution in [2.75, 3.05) is 6.54 Å². The van der Waals surface area contributed by atoms with Gasteiger partial charge in [0.05, 0.1) is 6.26 Å². The van der Waals surface area contributed by atoms with Crippen molar-refractivity contribution in [2.45, 2.75) is 6.10 Å². The van der Waals surface area contributed by atoms with Crippen molar-refractivity contribution < 1.29 is 24.2 Å². The van der Waals surface area contributed by atoms with Gasteiger partial charge >= 0.3 is 5.97 Å². The molecule has 6 heteroatoms. The molecule has 21 heavy (non-hydrogen) atoms. The fourth-order valence-electron chi connectivity index (χ4n) is 1.89. The van der Waals surface area contributed by atoms with Crippen LogP contribution in [0.25, 0.3) is 0 Å². The van der Waals surface area contributed by atoms with Crippen LogP contribution in [0.5, 0.6) is 0 Å². The Morgan fingerprint density at radius 1 is 1.14 bits per heavy atom. The third-order valence-corrected chi connectivity index (χ3v) is 3.05. The lowest BCUT2D eigenvalue weighted by molar-refractivity contribution is -0.146. The molecule has 3 N–H and O–H groups in total. The number of carbonyl (C=O) groups excluding carboxylic acids is 1. The Labute approximate surface area is 121 Å². The number of carboxylic acids is 1. The van der Waals surface area contributed by atoms with E-state index in [1.807, 2.05) is 0 Å². The highest BCUT2D eigenvalue weighted by Crippen LogP contribution is 2.22. The van der Waals surface area contributed by atoms with Gasteiger partial charge in [0, 0.05) is 12.1 Å². The Bertz CT molecular complexity index is 594. The second-order valence-electron chi connectivity index (χ2n) is 4.48. The van der Waals surface area contributed by atoms with E-state index in [0.29, 0.717) is 5.56 Å². The predicted octanol–water partition coefficient (Wildman–Crippen LogP) is 1.44. The fraction of sp³-hybridized carbons (Fsp3) is 0.200. The fourth-order valence-corrected chi connectivity index (χ4v) is 1.89. The number of rotatable bonds is 6. The number of furan rings is 1. The molecule has 0 spiro atoms. The summed E-state index contributed by atoms with van der Waals surface area (Å²) in [6.07, 6.45) is 0.0218. The molecule has 1 amide bonds. The summed E-state index contributed by atoms with van der Waals surface area (Å²) in [4.78, 5) is 23.1. The molecular formula is C15H15NO5. The summed E-state index contributed by atoms with van der Waals surface area (Å²) >= 11 is 0. The maximum Gasteiger partial charge on any atom is 0.311 e. The molecular weight excluding hydrogens is 274 g/mol. The zero-order valence-electron chi connectivity index (χ0n) is 11.1. The number of nitrogens with one attached hydrogen (secondary N) is 1.